The van der Waals surface area contributed by atoms with Crippen LogP contribution in [0.25, 0.3) is 0 Å². The Balaban J connectivity index is 0.00000225. The Morgan fingerprint density at radius 1 is 1.44 bits per heavy atom. The number of benzene rings is 1. The number of halogens is 1. The number of hydrogen-bond donors (Lipinski definition) is 1. The molecule has 5 heteroatoms. The van der Waals surface area contributed by atoms with E-state index in [0.29, 0.717) is 6.42 Å². The summed E-state index contributed by atoms with van der Waals surface area (Å²) in [7, 11) is 0. The second-order valence-corrected chi connectivity index (χ2v) is 3.66. The van der Waals surface area contributed by atoms with Crippen molar-refractivity contribution in [1.29, 1.82) is 0 Å². The van der Waals surface area contributed by atoms with Gasteiger partial charge in [-0.15, -0.1) is 11.6 Å². The third-order valence-corrected chi connectivity index (χ3v) is 2.51. The molecule has 1 aromatic carbocycles. The van der Waals surface area contributed by atoms with Gasteiger partial charge in [0, 0.05) is 6.04 Å². The molecule has 0 aliphatic heterocycles. The van der Waals surface area contributed by atoms with Gasteiger partial charge < -0.3 is 9.90 Å². The summed E-state index contributed by atoms with van der Waals surface area (Å²) in [5, 5.41) is 13.5. The van der Waals surface area contributed by atoms with Crippen molar-refractivity contribution in [2.45, 2.75) is 24.9 Å². The van der Waals surface area contributed by atoms with Gasteiger partial charge in [0.1, 0.15) is 5.50 Å². The predicted molar refractivity (Wildman–Crippen MR) is 57.3 cm³/mol. The molecule has 3 nitrogen and oxygen atoms in total. The molecular weight excluding hydrogens is 237 g/mol. The SMILES string of the molecule is CCC(NC(Cl)c1ccccc1)C(=O)[O-].[Na+]. The molecular formula is C11H13ClNNaO2. The standard InChI is InChI=1S/C11H14ClNO2.Na/c1-2-9(11(14)15)13-10(12)8-6-4-3-5-7-8;/h3-7,9-10,13H,2H2,1H3,(H,14,15);/q;+1/p-1. The fourth-order valence-corrected chi connectivity index (χ4v) is 1.54. The van der Waals surface area contributed by atoms with Crippen LogP contribution in [0, 0.1) is 0 Å². The molecule has 1 rings (SSSR count). The van der Waals surface area contributed by atoms with Crippen molar-refractivity contribution < 1.29 is 39.5 Å². The van der Waals surface area contributed by atoms with Gasteiger partial charge in [-0.3, -0.25) is 5.32 Å². The molecule has 1 N–H and O–H groups in total. The van der Waals surface area contributed by atoms with E-state index in [9.17, 15) is 9.90 Å². The Morgan fingerprint density at radius 2 is 2.00 bits per heavy atom. The van der Waals surface area contributed by atoms with Crippen LogP contribution < -0.4 is 40.0 Å². The molecule has 0 heterocycles. The molecule has 82 valence electrons. The minimum absolute atomic E-state index is 0. The van der Waals surface area contributed by atoms with E-state index in [2.05, 4.69) is 5.32 Å². The van der Waals surface area contributed by atoms with Crippen molar-refractivity contribution in [3.05, 3.63) is 35.9 Å². The van der Waals surface area contributed by atoms with E-state index in [1.165, 1.54) is 0 Å². The van der Waals surface area contributed by atoms with Crippen LogP contribution in [0.1, 0.15) is 24.4 Å². The van der Waals surface area contributed by atoms with Gasteiger partial charge in [0.25, 0.3) is 0 Å². The number of nitrogens with one attached hydrogen (secondary N) is 1. The predicted octanol–water partition coefficient (Wildman–Crippen LogP) is -1.95. The first-order chi connectivity index (χ1) is 7.15. The number of rotatable bonds is 5. The molecule has 0 aromatic heterocycles. The van der Waals surface area contributed by atoms with E-state index in [1.54, 1.807) is 6.92 Å². The van der Waals surface area contributed by atoms with Gasteiger partial charge in [-0.05, 0) is 12.0 Å². The smallest absolute Gasteiger partial charge is 0.548 e. The first kappa shape index (κ1) is 15.9. The summed E-state index contributed by atoms with van der Waals surface area (Å²) in [6.45, 7) is 1.77. The summed E-state index contributed by atoms with van der Waals surface area (Å²) in [5.74, 6) is -1.13. The maximum atomic E-state index is 10.7. The molecule has 0 amide bonds. The van der Waals surface area contributed by atoms with E-state index >= 15 is 0 Å². The average Bonchev–Trinajstić information content (AvgIpc) is 2.26. The van der Waals surface area contributed by atoms with Crippen molar-refractivity contribution in [2.75, 3.05) is 0 Å². The minimum atomic E-state index is -1.13. The summed E-state index contributed by atoms with van der Waals surface area (Å²) in [6.07, 6.45) is 0.443. The van der Waals surface area contributed by atoms with Crippen molar-refractivity contribution in [1.82, 2.24) is 5.32 Å². The number of aliphatic carboxylic acids is 1. The van der Waals surface area contributed by atoms with Crippen LogP contribution in [-0.4, -0.2) is 12.0 Å². The van der Waals surface area contributed by atoms with E-state index in [-0.39, 0.29) is 29.6 Å². The van der Waals surface area contributed by atoms with E-state index in [4.69, 9.17) is 11.6 Å². The van der Waals surface area contributed by atoms with Gasteiger partial charge in [0.05, 0.1) is 5.97 Å². The van der Waals surface area contributed by atoms with Crippen LogP contribution in [-0.2, 0) is 4.79 Å². The summed E-state index contributed by atoms with van der Waals surface area (Å²) in [4.78, 5) is 10.7. The maximum absolute atomic E-state index is 10.7. The Hall–Kier alpha value is -0.0600. The number of hydrogen-bond acceptors (Lipinski definition) is 3. The van der Waals surface area contributed by atoms with Crippen LogP contribution in [0.2, 0.25) is 0 Å². The molecule has 2 atom stereocenters. The number of carboxylic acids is 1. The van der Waals surface area contributed by atoms with E-state index in [1.807, 2.05) is 30.3 Å². The Morgan fingerprint density at radius 3 is 2.44 bits per heavy atom. The molecule has 0 saturated heterocycles. The van der Waals surface area contributed by atoms with Gasteiger partial charge in [-0.1, -0.05) is 37.3 Å². The van der Waals surface area contributed by atoms with Crippen LogP contribution in [0.4, 0.5) is 0 Å². The van der Waals surface area contributed by atoms with Crippen molar-refractivity contribution >= 4 is 17.6 Å². The van der Waals surface area contributed by atoms with Gasteiger partial charge in [0.15, 0.2) is 0 Å². The minimum Gasteiger partial charge on any atom is -0.548 e. The van der Waals surface area contributed by atoms with Crippen molar-refractivity contribution in [3.63, 3.8) is 0 Å². The molecule has 0 fully saturated rings. The van der Waals surface area contributed by atoms with Crippen molar-refractivity contribution in [3.8, 4) is 0 Å². The first-order valence-electron chi connectivity index (χ1n) is 4.81. The third kappa shape index (κ3) is 4.85. The largest absolute Gasteiger partial charge is 1.00 e. The monoisotopic (exact) mass is 249 g/mol. The fourth-order valence-electron chi connectivity index (χ4n) is 1.25. The number of carbonyl (C=O) groups is 1. The van der Waals surface area contributed by atoms with Crippen LogP contribution >= 0.6 is 11.6 Å². The van der Waals surface area contributed by atoms with E-state index in [0.717, 1.165) is 5.56 Å². The first-order valence-corrected chi connectivity index (χ1v) is 5.24. The molecule has 2 unspecified atom stereocenters. The third-order valence-electron chi connectivity index (χ3n) is 2.13. The molecule has 0 spiro atoms. The Kier molecular flexibility index (Phi) is 8.06. The topological polar surface area (TPSA) is 52.2 Å². The zero-order chi connectivity index (χ0) is 11.3. The number of alkyl halides is 1. The second-order valence-electron chi connectivity index (χ2n) is 3.22. The van der Waals surface area contributed by atoms with Crippen LogP contribution in [0.5, 0.6) is 0 Å². The molecule has 1 aromatic rings. The number of carboxylic acid groups (broad SMARTS) is 1. The Bertz CT molecular complexity index is 321. The zero-order valence-electron chi connectivity index (χ0n) is 9.44. The molecule has 0 radical (unpaired) electrons. The van der Waals surface area contributed by atoms with Crippen LogP contribution in [0.3, 0.4) is 0 Å². The Labute approximate surface area is 122 Å². The van der Waals surface area contributed by atoms with Crippen LogP contribution in [0.15, 0.2) is 30.3 Å². The molecule has 0 aliphatic carbocycles. The second kappa shape index (κ2) is 8.09. The van der Waals surface area contributed by atoms with E-state index < -0.39 is 17.5 Å². The summed E-state index contributed by atoms with van der Waals surface area (Å²) in [5.41, 5.74) is 0.341. The molecule has 16 heavy (non-hydrogen) atoms. The van der Waals surface area contributed by atoms with Gasteiger partial charge >= 0.3 is 29.6 Å². The summed E-state index contributed by atoms with van der Waals surface area (Å²) < 4.78 is 0. The zero-order valence-corrected chi connectivity index (χ0v) is 12.2. The average molecular weight is 250 g/mol. The normalized spacial score (nSPS) is 13.6. The maximum Gasteiger partial charge on any atom is 1.00 e. The number of carbonyl (C=O) groups excluding carboxylic acids is 1. The fraction of sp³-hybridized carbons (Fsp3) is 0.364. The molecule has 0 saturated carbocycles. The summed E-state index contributed by atoms with van der Waals surface area (Å²) in [6, 6.07) is 8.55. The molecule has 0 bridgehead atoms. The summed E-state index contributed by atoms with van der Waals surface area (Å²) >= 11 is 6.02. The van der Waals surface area contributed by atoms with Gasteiger partial charge in [0.2, 0.25) is 0 Å². The van der Waals surface area contributed by atoms with Gasteiger partial charge in [-0.25, -0.2) is 0 Å². The quantitative estimate of drug-likeness (QED) is 0.375. The van der Waals surface area contributed by atoms with Gasteiger partial charge in [-0.2, -0.15) is 0 Å². The van der Waals surface area contributed by atoms with Crippen molar-refractivity contribution in [2.24, 2.45) is 0 Å². The molecule has 0 aliphatic rings.